The fraction of sp³-hybridized carbons (Fsp3) is 0.529. The number of thiazole rings is 2. The van der Waals surface area contributed by atoms with Gasteiger partial charge in [0.25, 0.3) is 5.91 Å². The molecule has 0 spiro atoms. The molecule has 0 aliphatic heterocycles. The van der Waals surface area contributed by atoms with E-state index >= 15 is 0 Å². The van der Waals surface area contributed by atoms with Crippen molar-refractivity contribution in [2.24, 2.45) is 5.73 Å². The van der Waals surface area contributed by atoms with E-state index in [2.05, 4.69) is 31.2 Å². The van der Waals surface area contributed by atoms with Crippen LogP contribution in [0.25, 0.3) is 0 Å². The molecule has 0 aliphatic carbocycles. The van der Waals surface area contributed by atoms with E-state index in [-0.39, 0.29) is 17.5 Å². The highest BCUT2D eigenvalue weighted by atomic mass is 79.9. The van der Waals surface area contributed by atoms with Crippen molar-refractivity contribution < 1.29 is 24.9 Å². The third-order valence-electron chi connectivity index (χ3n) is 2.65. The first kappa shape index (κ1) is 27.6. The molecule has 2 aromatic rings. The van der Waals surface area contributed by atoms with Gasteiger partial charge in [0.2, 0.25) is 5.01 Å². The summed E-state index contributed by atoms with van der Waals surface area (Å²) in [6.45, 7) is 9.02. The number of amides is 1. The molecule has 0 saturated heterocycles. The van der Waals surface area contributed by atoms with Gasteiger partial charge in [-0.05, 0) is 50.5 Å². The number of carbonyl (C=O) groups is 2. The second-order valence-corrected chi connectivity index (χ2v) is 9.61. The Morgan fingerprint density at radius 1 is 1.10 bits per heavy atom. The molecule has 2 rings (SSSR count). The zero-order valence-corrected chi connectivity index (χ0v) is 20.1. The molecule has 1 amide bonds. The molecule has 2 heterocycles. The number of aliphatic hydroxyl groups is 2. The minimum atomic E-state index is -0.981. The van der Waals surface area contributed by atoms with Crippen molar-refractivity contribution in [2.75, 3.05) is 13.1 Å². The largest absolute Gasteiger partial charge is 0.476 e. The van der Waals surface area contributed by atoms with Gasteiger partial charge < -0.3 is 26.4 Å². The van der Waals surface area contributed by atoms with E-state index in [1.165, 1.54) is 11.3 Å². The van der Waals surface area contributed by atoms with Gasteiger partial charge in [0, 0.05) is 29.5 Å². The standard InChI is InChI=1S/C9H14N2O2S.C4H2BrNO2S.C4H11NO/c1-6-4-14-8(11-6)7(12)10-5-9(2,3)13;5-2-1-9-3(6-2)4(7)8;1-4(2,6)3-5/h4,13H,5H2,1-3H3,(H,10,12);1H,(H,7,8);6H,3,5H2,1-2H3. The van der Waals surface area contributed by atoms with Crippen LogP contribution in [0.2, 0.25) is 0 Å². The second kappa shape index (κ2) is 12.3. The van der Waals surface area contributed by atoms with Crippen molar-refractivity contribution in [3.8, 4) is 0 Å². The summed E-state index contributed by atoms with van der Waals surface area (Å²) in [6.07, 6.45) is 0. The van der Waals surface area contributed by atoms with Gasteiger partial charge in [0.05, 0.1) is 11.2 Å². The Hall–Kier alpha value is -1.44. The molecule has 6 N–H and O–H groups in total. The average Bonchev–Trinajstić information content (AvgIpc) is 3.21. The lowest BCUT2D eigenvalue weighted by molar-refractivity contribution is 0.0694. The summed E-state index contributed by atoms with van der Waals surface area (Å²) in [6, 6.07) is 0. The van der Waals surface area contributed by atoms with E-state index in [1.807, 2.05) is 12.3 Å². The van der Waals surface area contributed by atoms with Crippen molar-refractivity contribution in [1.82, 2.24) is 15.3 Å². The lowest BCUT2D eigenvalue weighted by atomic mass is 10.1. The van der Waals surface area contributed by atoms with E-state index < -0.39 is 17.2 Å². The summed E-state index contributed by atoms with van der Waals surface area (Å²) in [7, 11) is 0. The van der Waals surface area contributed by atoms with Crippen LogP contribution in [-0.2, 0) is 0 Å². The highest BCUT2D eigenvalue weighted by Gasteiger charge is 2.16. The fourth-order valence-corrected chi connectivity index (χ4v) is 2.98. The molecule has 0 bridgehead atoms. The van der Waals surface area contributed by atoms with Crippen molar-refractivity contribution in [1.29, 1.82) is 0 Å². The van der Waals surface area contributed by atoms with Crippen LogP contribution in [-0.4, -0.2) is 61.5 Å². The zero-order chi connectivity index (χ0) is 22.8. The molecule has 0 aromatic carbocycles. The first-order chi connectivity index (χ1) is 13.1. The molecule has 12 heteroatoms. The van der Waals surface area contributed by atoms with Gasteiger partial charge in [-0.3, -0.25) is 4.79 Å². The van der Waals surface area contributed by atoms with Crippen molar-refractivity contribution in [2.45, 2.75) is 45.8 Å². The third kappa shape index (κ3) is 14.2. The number of carbonyl (C=O) groups excluding carboxylic acids is 1. The number of hydrogen-bond donors (Lipinski definition) is 5. The lowest BCUT2D eigenvalue weighted by Gasteiger charge is -2.16. The van der Waals surface area contributed by atoms with Gasteiger partial charge in [-0.15, -0.1) is 22.7 Å². The molecular weight excluding hydrogens is 484 g/mol. The fourth-order valence-electron chi connectivity index (χ4n) is 1.18. The Morgan fingerprint density at radius 3 is 1.90 bits per heavy atom. The van der Waals surface area contributed by atoms with E-state index in [0.717, 1.165) is 17.0 Å². The van der Waals surface area contributed by atoms with Crippen LogP contribution >= 0.6 is 38.6 Å². The molecule has 0 aliphatic rings. The average molecular weight is 511 g/mol. The molecule has 0 saturated carbocycles. The highest BCUT2D eigenvalue weighted by Crippen LogP contribution is 2.14. The van der Waals surface area contributed by atoms with E-state index in [9.17, 15) is 14.7 Å². The second-order valence-electron chi connectivity index (χ2n) is 7.09. The number of aromatic carboxylic acids is 1. The lowest BCUT2D eigenvalue weighted by Crippen LogP contribution is -2.38. The third-order valence-corrected chi connectivity index (χ3v) is 5.15. The maximum absolute atomic E-state index is 11.4. The summed E-state index contributed by atoms with van der Waals surface area (Å²) >= 11 is 5.44. The summed E-state index contributed by atoms with van der Waals surface area (Å²) < 4.78 is 0.574. The number of halogens is 1. The number of hydrogen-bond acceptors (Lipinski definition) is 9. The number of rotatable bonds is 5. The molecule has 0 atom stereocenters. The summed E-state index contributed by atoms with van der Waals surface area (Å²) in [5.74, 6) is -1.21. The Kier molecular flexibility index (Phi) is 11.7. The molecule has 2 aromatic heterocycles. The number of aryl methyl sites for hydroxylation is 1. The molecule has 0 fully saturated rings. The summed E-state index contributed by atoms with van der Waals surface area (Å²) in [5.41, 5.74) is 4.32. The number of aromatic nitrogens is 2. The van der Waals surface area contributed by atoms with Crippen LogP contribution in [0.4, 0.5) is 0 Å². The van der Waals surface area contributed by atoms with Crippen LogP contribution < -0.4 is 11.1 Å². The molecule has 29 heavy (non-hydrogen) atoms. The Bertz CT molecular complexity index is 781. The highest BCUT2D eigenvalue weighted by molar-refractivity contribution is 9.10. The Labute approximate surface area is 186 Å². The first-order valence-corrected chi connectivity index (χ1v) is 10.9. The molecule has 0 unspecified atom stereocenters. The van der Waals surface area contributed by atoms with Crippen LogP contribution in [0.1, 0.15) is 53.0 Å². The predicted octanol–water partition coefficient (Wildman–Crippen LogP) is 2.27. The quantitative estimate of drug-likeness (QED) is 0.409. The predicted molar refractivity (Wildman–Crippen MR) is 118 cm³/mol. The van der Waals surface area contributed by atoms with Crippen molar-refractivity contribution in [3.05, 3.63) is 31.1 Å². The zero-order valence-electron chi connectivity index (χ0n) is 16.9. The Balaban J connectivity index is 0.000000448. The van der Waals surface area contributed by atoms with Gasteiger partial charge in [0.1, 0.15) is 4.60 Å². The van der Waals surface area contributed by atoms with E-state index in [0.29, 0.717) is 16.2 Å². The van der Waals surface area contributed by atoms with Crippen molar-refractivity contribution in [3.63, 3.8) is 0 Å². The normalized spacial score (nSPS) is 10.9. The van der Waals surface area contributed by atoms with Crippen LogP contribution in [0.15, 0.2) is 15.4 Å². The SMILES string of the molecule is CC(C)(O)CN.Cc1csc(C(=O)NCC(C)(C)O)n1.O=C(O)c1nc(Br)cs1. The van der Waals surface area contributed by atoms with Gasteiger partial charge in [-0.25, -0.2) is 14.8 Å². The molecular formula is C17H27BrN4O5S2. The van der Waals surface area contributed by atoms with E-state index in [1.54, 1.807) is 33.1 Å². The molecule has 9 nitrogen and oxygen atoms in total. The monoisotopic (exact) mass is 510 g/mol. The van der Waals surface area contributed by atoms with Gasteiger partial charge in [-0.2, -0.15) is 0 Å². The summed E-state index contributed by atoms with van der Waals surface area (Å²) in [4.78, 5) is 29.3. The number of carboxylic acid groups (broad SMARTS) is 1. The maximum atomic E-state index is 11.4. The summed E-state index contributed by atoms with van der Waals surface area (Å²) in [5, 5.41) is 33.0. The Morgan fingerprint density at radius 2 is 1.62 bits per heavy atom. The van der Waals surface area contributed by atoms with Gasteiger partial charge in [0.15, 0.2) is 5.01 Å². The van der Waals surface area contributed by atoms with Gasteiger partial charge in [-0.1, -0.05) is 0 Å². The topological polar surface area (TPSA) is 159 Å². The molecule has 0 radical (unpaired) electrons. The smallest absolute Gasteiger partial charge is 0.365 e. The minimum Gasteiger partial charge on any atom is -0.476 e. The molecule has 164 valence electrons. The van der Waals surface area contributed by atoms with E-state index in [4.69, 9.17) is 15.9 Å². The number of nitrogens with one attached hydrogen (secondary N) is 1. The van der Waals surface area contributed by atoms with Crippen molar-refractivity contribution >= 4 is 50.5 Å². The van der Waals surface area contributed by atoms with Crippen LogP contribution in [0, 0.1) is 6.92 Å². The number of nitrogens with two attached hydrogens (primary N) is 1. The minimum absolute atomic E-state index is 0.113. The number of carboxylic acids is 1. The maximum Gasteiger partial charge on any atom is 0.365 e. The van der Waals surface area contributed by atoms with Crippen LogP contribution in [0.5, 0.6) is 0 Å². The number of nitrogens with zero attached hydrogens (tertiary/aromatic N) is 2. The van der Waals surface area contributed by atoms with Crippen LogP contribution in [0.3, 0.4) is 0 Å². The first-order valence-electron chi connectivity index (χ1n) is 8.34. The van der Waals surface area contributed by atoms with Gasteiger partial charge >= 0.3 is 5.97 Å².